The normalized spacial score (nSPS) is 11.8. The van der Waals surface area contributed by atoms with Gasteiger partial charge in [0, 0.05) is 4.47 Å². The van der Waals surface area contributed by atoms with E-state index in [1.54, 1.807) is 6.92 Å². The van der Waals surface area contributed by atoms with Crippen molar-refractivity contribution in [3.05, 3.63) is 28.2 Å². The van der Waals surface area contributed by atoms with Crippen molar-refractivity contribution in [2.24, 2.45) is 10.7 Å². The SMILES string of the molecule is CC(N)=Nc1ccc(Br)cc1C. The number of nitrogens with zero attached hydrogens (tertiary/aromatic N) is 1. The van der Waals surface area contributed by atoms with Crippen molar-refractivity contribution in [1.82, 2.24) is 0 Å². The summed E-state index contributed by atoms with van der Waals surface area (Å²) in [5.74, 6) is 0.584. The fourth-order valence-corrected chi connectivity index (χ4v) is 1.41. The molecule has 1 rings (SSSR count). The molecule has 64 valence electrons. The van der Waals surface area contributed by atoms with E-state index in [1.165, 1.54) is 0 Å². The van der Waals surface area contributed by atoms with Gasteiger partial charge in [-0.25, -0.2) is 4.99 Å². The minimum absolute atomic E-state index is 0.584. The average molecular weight is 227 g/mol. The quantitative estimate of drug-likeness (QED) is 0.581. The van der Waals surface area contributed by atoms with E-state index < -0.39 is 0 Å². The van der Waals surface area contributed by atoms with Crippen molar-refractivity contribution in [1.29, 1.82) is 0 Å². The first-order chi connectivity index (χ1) is 5.59. The smallest absolute Gasteiger partial charge is 0.0965 e. The Morgan fingerprint density at radius 1 is 1.50 bits per heavy atom. The third-order valence-electron chi connectivity index (χ3n) is 1.46. The fraction of sp³-hybridized carbons (Fsp3) is 0.222. The molecule has 12 heavy (non-hydrogen) atoms. The minimum atomic E-state index is 0.584. The first-order valence-corrected chi connectivity index (χ1v) is 4.46. The summed E-state index contributed by atoms with van der Waals surface area (Å²) in [6.07, 6.45) is 0. The zero-order chi connectivity index (χ0) is 9.14. The number of aryl methyl sites for hydroxylation is 1. The molecule has 3 heteroatoms. The lowest BCUT2D eigenvalue weighted by atomic mass is 10.2. The second-order valence-electron chi connectivity index (χ2n) is 2.68. The van der Waals surface area contributed by atoms with Crippen molar-refractivity contribution >= 4 is 27.5 Å². The van der Waals surface area contributed by atoms with Crippen LogP contribution in [-0.4, -0.2) is 5.84 Å². The lowest BCUT2D eigenvalue weighted by Crippen LogP contribution is -2.03. The predicted octanol–water partition coefficient (Wildman–Crippen LogP) is 2.77. The summed E-state index contributed by atoms with van der Waals surface area (Å²) in [4.78, 5) is 4.17. The highest BCUT2D eigenvalue weighted by molar-refractivity contribution is 9.10. The molecule has 0 atom stereocenters. The highest BCUT2D eigenvalue weighted by Gasteiger charge is 1.96. The Balaban J connectivity index is 3.10. The van der Waals surface area contributed by atoms with Gasteiger partial charge < -0.3 is 5.73 Å². The average Bonchev–Trinajstić information content (AvgIpc) is 1.94. The number of aliphatic imine (C=N–C) groups is 1. The molecule has 0 aliphatic rings. The Morgan fingerprint density at radius 2 is 2.17 bits per heavy atom. The summed E-state index contributed by atoms with van der Waals surface area (Å²) in [5.41, 5.74) is 7.52. The zero-order valence-electron chi connectivity index (χ0n) is 7.13. The minimum Gasteiger partial charge on any atom is -0.387 e. The van der Waals surface area contributed by atoms with Crippen molar-refractivity contribution < 1.29 is 0 Å². The fourth-order valence-electron chi connectivity index (χ4n) is 0.934. The zero-order valence-corrected chi connectivity index (χ0v) is 8.72. The molecule has 0 unspecified atom stereocenters. The molecular weight excluding hydrogens is 216 g/mol. The Bertz CT molecular complexity index is 314. The van der Waals surface area contributed by atoms with Crippen LogP contribution in [0.5, 0.6) is 0 Å². The molecule has 0 aliphatic heterocycles. The number of amidine groups is 1. The van der Waals surface area contributed by atoms with Gasteiger partial charge in [0.05, 0.1) is 11.5 Å². The van der Waals surface area contributed by atoms with Crippen molar-refractivity contribution in [2.75, 3.05) is 0 Å². The van der Waals surface area contributed by atoms with Gasteiger partial charge >= 0.3 is 0 Å². The lowest BCUT2D eigenvalue weighted by Gasteiger charge is -2.00. The maximum Gasteiger partial charge on any atom is 0.0965 e. The summed E-state index contributed by atoms with van der Waals surface area (Å²) in [5, 5.41) is 0. The van der Waals surface area contributed by atoms with Crippen LogP contribution in [0.2, 0.25) is 0 Å². The number of hydrogen-bond acceptors (Lipinski definition) is 1. The van der Waals surface area contributed by atoms with E-state index in [2.05, 4.69) is 20.9 Å². The van der Waals surface area contributed by atoms with Gasteiger partial charge in [-0.3, -0.25) is 0 Å². The molecular formula is C9H11BrN2. The summed E-state index contributed by atoms with van der Waals surface area (Å²) in [7, 11) is 0. The number of hydrogen-bond donors (Lipinski definition) is 1. The standard InChI is InChI=1S/C9H11BrN2/c1-6-5-8(10)3-4-9(6)12-7(2)11/h3-5H,1-2H3,(H2,11,12). The monoisotopic (exact) mass is 226 g/mol. The molecule has 1 aromatic carbocycles. The van der Waals surface area contributed by atoms with Crippen molar-refractivity contribution in [2.45, 2.75) is 13.8 Å². The molecule has 0 saturated heterocycles. The van der Waals surface area contributed by atoms with Crippen LogP contribution in [0.3, 0.4) is 0 Å². The molecule has 0 heterocycles. The number of rotatable bonds is 1. The van der Waals surface area contributed by atoms with Crippen molar-refractivity contribution in [3.63, 3.8) is 0 Å². The molecule has 0 spiro atoms. The van der Waals surface area contributed by atoms with E-state index in [0.29, 0.717) is 5.84 Å². The molecule has 0 fully saturated rings. The second kappa shape index (κ2) is 3.72. The van der Waals surface area contributed by atoms with Gasteiger partial charge in [-0.2, -0.15) is 0 Å². The van der Waals surface area contributed by atoms with Crippen molar-refractivity contribution in [3.8, 4) is 0 Å². The van der Waals surface area contributed by atoms with Crippen LogP contribution in [0.15, 0.2) is 27.7 Å². The topological polar surface area (TPSA) is 38.4 Å². The van der Waals surface area contributed by atoms with E-state index in [0.717, 1.165) is 15.7 Å². The Kier molecular flexibility index (Phi) is 2.87. The Hall–Kier alpha value is -0.830. The third kappa shape index (κ3) is 2.34. The highest BCUT2D eigenvalue weighted by Crippen LogP contribution is 2.22. The van der Waals surface area contributed by atoms with Crippen LogP contribution in [0.4, 0.5) is 5.69 Å². The van der Waals surface area contributed by atoms with Crippen LogP contribution in [0.1, 0.15) is 12.5 Å². The molecule has 0 aliphatic carbocycles. The molecule has 0 bridgehead atoms. The van der Waals surface area contributed by atoms with Crippen LogP contribution in [-0.2, 0) is 0 Å². The number of halogens is 1. The molecule has 0 aromatic heterocycles. The molecule has 0 saturated carbocycles. The highest BCUT2D eigenvalue weighted by atomic mass is 79.9. The van der Waals surface area contributed by atoms with Gasteiger partial charge in [0.2, 0.25) is 0 Å². The van der Waals surface area contributed by atoms with E-state index in [9.17, 15) is 0 Å². The summed E-state index contributed by atoms with van der Waals surface area (Å²) >= 11 is 3.38. The third-order valence-corrected chi connectivity index (χ3v) is 1.95. The van der Waals surface area contributed by atoms with Crippen LogP contribution < -0.4 is 5.73 Å². The maximum absolute atomic E-state index is 5.47. The Morgan fingerprint density at radius 3 is 2.67 bits per heavy atom. The first-order valence-electron chi connectivity index (χ1n) is 3.66. The Labute approximate surface area is 80.6 Å². The molecule has 1 aromatic rings. The van der Waals surface area contributed by atoms with E-state index >= 15 is 0 Å². The van der Waals surface area contributed by atoms with E-state index in [-0.39, 0.29) is 0 Å². The van der Waals surface area contributed by atoms with Gasteiger partial charge in [0.1, 0.15) is 0 Å². The van der Waals surface area contributed by atoms with Gasteiger partial charge in [-0.05, 0) is 37.6 Å². The number of nitrogens with two attached hydrogens (primary N) is 1. The first kappa shape index (κ1) is 9.26. The van der Waals surface area contributed by atoms with Crippen LogP contribution in [0, 0.1) is 6.92 Å². The van der Waals surface area contributed by atoms with Gasteiger partial charge in [-0.15, -0.1) is 0 Å². The largest absolute Gasteiger partial charge is 0.387 e. The summed E-state index contributed by atoms with van der Waals surface area (Å²) in [6, 6.07) is 5.91. The van der Waals surface area contributed by atoms with E-state index in [4.69, 9.17) is 5.73 Å². The summed E-state index contributed by atoms with van der Waals surface area (Å²) < 4.78 is 1.06. The maximum atomic E-state index is 5.47. The van der Waals surface area contributed by atoms with Crippen LogP contribution in [0.25, 0.3) is 0 Å². The molecule has 2 N–H and O–H groups in total. The van der Waals surface area contributed by atoms with Gasteiger partial charge in [-0.1, -0.05) is 15.9 Å². The lowest BCUT2D eigenvalue weighted by molar-refractivity contribution is 1.36. The van der Waals surface area contributed by atoms with E-state index in [1.807, 2.05) is 25.1 Å². The summed E-state index contributed by atoms with van der Waals surface area (Å²) in [6.45, 7) is 3.79. The molecule has 0 radical (unpaired) electrons. The second-order valence-corrected chi connectivity index (χ2v) is 3.60. The van der Waals surface area contributed by atoms with Gasteiger partial charge in [0.15, 0.2) is 0 Å². The van der Waals surface area contributed by atoms with Crippen LogP contribution >= 0.6 is 15.9 Å². The molecule has 2 nitrogen and oxygen atoms in total. The van der Waals surface area contributed by atoms with Gasteiger partial charge in [0.25, 0.3) is 0 Å². The molecule has 0 amide bonds. The predicted molar refractivity (Wildman–Crippen MR) is 55.8 cm³/mol. The number of benzene rings is 1.